The molecule has 30 heavy (non-hydrogen) atoms. The highest BCUT2D eigenvalue weighted by Gasteiger charge is 2.39. The molecule has 2 aromatic rings. The molecule has 0 aromatic heterocycles. The van der Waals surface area contributed by atoms with Crippen molar-refractivity contribution in [2.24, 2.45) is 5.92 Å². The van der Waals surface area contributed by atoms with Crippen molar-refractivity contribution in [1.82, 2.24) is 0 Å². The van der Waals surface area contributed by atoms with Crippen molar-refractivity contribution >= 4 is 11.8 Å². The highest BCUT2D eigenvalue weighted by molar-refractivity contribution is 6.19. The van der Waals surface area contributed by atoms with E-state index in [1.807, 2.05) is 42.5 Å². The van der Waals surface area contributed by atoms with E-state index < -0.39 is 18.0 Å². The van der Waals surface area contributed by atoms with Gasteiger partial charge in [0.15, 0.2) is 17.6 Å². The smallest absolute Gasteiger partial charge is 0.346 e. The summed E-state index contributed by atoms with van der Waals surface area (Å²) in [4.78, 5) is 25.2. The highest BCUT2D eigenvalue weighted by atomic mass is 16.6. The number of Topliss-reactive ketones (excluding diaryl/α,β-unsaturated/α-hetero) is 1. The number of hydrogen-bond donors (Lipinski definition) is 1. The zero-order valence-corrected chi connectivity index (χ0v) is 18.1. The Balaban J connectivity index is 1.66. The molecule has 4 nitrogen and oxygen atoms in total. The second-order valence-electron chi connectivity index (χ2n) is 9.09. The number of aliphatic hydroxyl groups is 1. The molecule has 3 rings (SSSR count). The van der Waals surface area contributed by atoms with Gasteiger partial charge in [-0.15, -0.1) is 0 Å². The quantitative estimate of drug-likeness (QED) is 0.513. The van der Waals surface area contributed by atoms with E-state index in [4.69, 9.17) is 4.74 Å². The highest BCUT2D eigenvalue weighted by Crippen LogP contribution is 2.28. The minimum Gasteiger partial charge on any atom is -0.507 e. The van der Waals surface area contributed by atoms with Crippen LogP contribution in [0.1, 0.15) is 50.8 Å². The van der Waals surface area contributed by atoms with Crippen molar-refractivity contribution in [3.63, 3.8) is 0 Å². The molecule has 2 atom stereocenters. The lowest BCUT2D eigenvalue weighted by Gasteiger charge is -2.19. The molecule has 1 aliphatic heterocycles. The molecule has 2 aromatic carbocycles. The lowest BCUT2D eigenvalue weighted by molar-refractivity contribution is -0.141. The van der Waals surface area contributed by atoms with E-state index in [0.29, 0.717) is 19.3 Å². The number of cyclic esters (lactones) is 1. The Kier molecular flexibility index (Phi) is 6.45. The molecule has 0 unspecified atom stereocenters. The maximum absolute atomic E-state index is 12.9. The minimum atomic E-state index is -0.755. The number of aliphatic hydroxyl groups excluding tert-OH is 1. The molecule has 1 heterocycles. The lowest BCUT2D eigenvalue weighted by Crippen LogP contribution is -2.20. The second-order valence-corrected chi connectivity index (χ2v) is 9.09. The van der Waals surface area contributed by atoms with Gasteiger partial charge in [-0.3, -0.25) is 4.79 Å². The zero-order chi connectivity index (χ0) is 21.9. The molecule has 0 saturated carbocycles. The van der Waals surface area contributed by atoms with Gasteiger partial charge in [0.1, 0.15) is 5.57 Å². The van der Waals surface area contributed by atoms with Gasteiger partial charge in [0.25, 0.3) is 0 Å². The first kappa shape index (κ1) is 21.8. The largest absolute Gasteiger partial charge is 0.507 e. The molecule has 158 valence electrons. The van der Waals surface area contributed by atoms with E-state index in [1.54, 1.807) is 6.92 Å². The average molecular weight is 407 g/mol. The molecule has 0 bridgehead atoms. The lowest BCUT2D eigenvalue weighted by atomic mass is 9.85. The molecule has 1 N–H and O–H groups in total. The normalized spacial score (nSPS) is 17.7. The number of esters is 1. The Hall–Kier alpha value is -2.88. The van der Waals surface area contributed by atoms with Crippen molar-refractivity contribution < 1.29 is 19.4 Å². The van der Waals surface area contributed by atoms with E-state index in [-0.39, 0.29) is 22.5 Å². The van der Waals surface area contributed by atoms with Crippen LogP contribution in [0.4, 0.5) is 0 Å². The Morgan fingerprint density at radius 3 is 2.27 bits per heavy atom. The van der Waals surface area contributed by atoms with Crippen molar-refractivity contribution in [1.29, 1.82) is 0 Å². The maximum Gasteiger partial charge on any atom is 0.346 e. The van der Waals surface area contributed by atoms with E-state index in [9.17, 15) is 14.7 Å². The number of carbonyl (C=O) groups excluding carboxylic acids is 2. The monoisotopic (exact) mass is 406 g/mol. The van der Waals surface area contributed by atoms with Crippen molar-refractivity contribution in [3.8, 4) is 0 Å². The van der Waals surface area contributed by atoms with E-state index >= 15 is 0 Å². The number of ketones is 1. The van der Waals surface area contributed by atoms with Crippen LogP contribution < -0.4 is 0 Å². The summed E-state index contributed by atoms with van der Waals surface area (Å²) in [6, 6.07) is 18.0. The van der Waals surface area contributed by atoms with Crippen LogP contribution in [0.15, 0.2) is 65.9 Å². The van der Waals surface area contributed by atoms with Gasteiger partial charge in [-0.1, -0.05) is 82.3 Å². The number of ether oxygens (including phenoxy) is 1. The number of benzene rings is 2. The fourth-order valence-electron chi connectivity index (χ4n) is 3.71. The summed E-state index contributed by atoms with van der Waals surface area (Å²) in [5.74, 6) is -1.73. The maximum atomic E-state index is 12.9. The summed E-state index contributed by atoms with van der Waals surface area (Å²) < 4.78 is 5.30. The van der Waals surface area contributed by atoms with Crippen LogP contribution >= 0.6 is 0 Å². The Bertz CT molecular complexity index is 933. The molecular formula is C26H30O4. The van der Waals surface area contributed by atoms with Crippen LogP contribution in [-0.4, -0.2) is 23.0 Å². The first-order chi connectivity index (χ1) is 14.2. The van der Waals surface area contributed by atoms with Gasteiger partial charge in [0, 0.05) is 5.92 Å². The number of aryl methyl sites for hydroxylation is 1. The van der Waals surface area contributed by atoms with Crippen molar-refractivity contribution in [2.45, 2.75) is 58.5 Å². The molecule has 0 aliphatic carbocycles. The SMILES string of the molecule is C[C@H](Cc1ccc(C(C)(C)C)cc1)C(=O)C1=C(O)[C@H](CCc2ccccc2)OC1=O. The van der Waals surface area contributed by atoms with Gasteiger partial charge in [-0.2, -0.15) is 0 Å². The van der Waals surface area contributed by atoms with Crippen molar-refractivity contribution in [2.75, 3.05) is 0 Å². The summed E-state index contributed by atoms with van der Waals surface area (Å²) in [6.07, 6.45) is 0.846. The molecule has 0 spiro atoms. The third-order valence-electron chi connectivity index (χ3n) is 5.61. The first-order valence-corrected chi connectivity index (χ1v) is 10.5. The zero-order valence-electron chi connectivity index (χ0n) is 18.1. The number of rotatable bonds is 7. The van der Waals surface area contributed by atoms with Crippen LogP contribution in [0.25, 0.3) is 0 Å². The molecular weight excluding hydrogens is 376 g/mol. The van der Waals surface area contributed by atoms with Gasteiger partial charge in [0.2, 0.25) is 0 Å². The van der Waals surface area contributed by atoms with Gasteiger partial charge in [-0.05, 0) is 41.4 Å². The Morgan fingerprint density at radius 1 is 1.03 bits per heavy atom. The standard InChI is InChI=1S/C26H30O4/c1-17(16-19-10-13-20(14-11-19)26(2,3)4)23(27)22-24(28)21(30-25(22)29)15-12-18-8-6-5-7-9-18/h5-11,13-14,17,21,28H,12,15-16H2,1-4H3/t17-,21+/m1/s1. The average Bonchev–Trinajstić information content (AvgIpc) is 2.99. The van der Waals surface area contributed by atoms with Gasteiger partial charge < -0.3 is 9.84 Å². The fourth-order valence-corrected chi connectivity index (χ4v) is 3.71. The van der Waals surface area contributed by atoms with Crippen LogP contribution in [0, 0.1) is 5.92 Å². The summed E-state index contributed by atoms with van der Waals surface area (Å²) in [7, 11) is 0. The minimum absolute atomic E-state index is 0.0684. The predicted octanol–water partition coefficient (Wildman–Crippen LogP) is 5.10. The second kappa shape index (κ2) is 8.86. The van der Waals surface area contributed by atoms with Crippen LogP contribution in [0.5, 0.6) is 0 Å². The van der Waals surface area contributed by atoms with E-state index in [1.165, 1.54) is 5.56 Å². The topological polar surface area (TPSA) is 63.6 Å². The molecule has 0 radical (unpaired) electrons. The number of hydrogen-bond acceptors (Lipinski definition) is 4. The Labute approximate surface area is 178 Å². The molecule has 4 heteroatoms. The number of carbonyl (C=O) groups is 2. The summed E-state index contributed by atoms with van der Waals surface area (Å²) in [5, 5.41) is 10.5. The Morgan fingerprint density at radius 2 is 1.67 bits per heavy atom. The first-order valence-electron chi connectivity index (χ1n) is 10.5. The third kappa shape index (κ3) is 4.99. The molecule has 0 amide bonds. The fraction of sp³-hybridized carbons (Fsp3) is 0.385. The van der Waals surface area contributed by atoms with Gasteiger partial charge in [-0.25, -0.2) is 4.79 Å². The van der Waals surface area contributed by atoms with Gasteiger partial charge >= 0.3 is 5.97 Å². The van der Waals surface area contributed by atoms with Crippen molar-refractivity contribution in [3.05, 3.63) is 82.6 Å². The molecule has 0 fully saturated rings. The molecule has 0 saturated heterocycles. The van der Waals surface area contributed by atoms with Crippen LogP contribution in [-0.2, 0) is 32.6 Å². The van der Waals surface area contributed by atoms with Gasteiger partial charge in [0.05, 0.1) is 0 Å². The molecule has 1 aliphatic rings. The summed E-state index contributed by atoms with van der Waals surface area (Å²) in [5.41, 5.74) is 3.22. The van der Waals surface area contributed by atoms with E-state index in [0.717, 1.165) is 11.1 Å². The van der Waals surface area contributed by atoms with E-state index in [2.05, 4.69) is 32.9 Å². The summed E-state index contributed by atoms with van der Waals surface area (Å²) in [6.45, 7) is 8.25. The summed E-state index contributed by atoms with van der Waals surface area (Å²) >= 11 is 0. The predicted molar refractivity (Wildman–Crippen MR) is 117 cm³/mol. The van der Waals surface area contributed by atoms with Crippen LogP contribution in [0.2, 0.25) is 0 Å². The van der Waals surface area contributed by atoms with Crippen LogP contribution in [0.3, 0.4) is 0 Å². The third-order valence-corrected chi connectivity index (χ3v) is 5.61.